The van der Waals surface area contributed by atoms with E-state index < -0.39 is 18.2 Å². The first-order valence-corrected chi connectivity index (χ1v) is 4.44. The summed E-state index contributed by atoms with van der Waals surface area (Å²) >= 11 is 0. The normalized spacial score (nSPS) is 9.75. The van der Waals surface area contributed by atoms with Crippen LogP contribution in [-0.4, -0.2) is 55.3 Å². The van der Waals surface area contributed by atoms with Crippen LogP contribution in [0.4, 0.5) is 0 Å². The summed E-state index contributed by atoms with van der Waals surface area (Å²) in [4.78, 5) is 21.6. The first kappa shape index (κ1) is 23.2. The van der Waals surface area contributed by atoms with Gasteiger partial charge in [0.05, 0.1) is 0 Å². The molecule has 0 aliphatic rings. The average molecular weight is 278 g/mol. The van der Waals surface area contributed by atoms with E-state index in [2.05, 4.69) is 0 Å². The smallest absolute Gasteiger partial charge is 0.303 e. The summed E-state index contributed by atoms with van der Waals surface area (Å²) in [5.74, 6) is 0. The molecule has 0 bridgehead atoms. The van der Waals surface area contributed by atoms with Crippen molar-refractivity contribution in [2.45, 2.75) is 0 Å². The predicted molar refractivity (Wildman–Crippen MR) is 37.0 cm³/mol. The van der Waals surface area contributed by atoms with E-state index in [1.165, 1.54) is 0 Å². The average Bonchev–Trinajstić information content (AvgIpc) is 1.12. The van der Waals surface area contributed by atoms with Gasteiger partial charge in [-0.2, -0.15) is 8.42 Å². The van der Waals surface area contributed by atoms with Gasteiger partial charge in [0.15, 0.2) is 0 Å². The Bertz CT molecular complexity index is 197. The second-order valence-electron chi connectivity index (χ2n) is 0.961. The number of phosphoric acid groups is 1. The molecule has 0 fully saturated rings. The third-order valence-electron chi connectivity index (χ3n) is 0. The third kappa shape index (κ3) is 741. The molecular weight excluding hydrogens is 271 g/mol. The Balaban J connectivity index is -0.0000000457. The summed E-state index contributed by atoms with van der Waals surface area (Å²) in [6, 6.07) is 0. The van der Waals surface area contributed by atoms with E-state index in [1.807, 2.05) is 0 Å². The Morgan fingerprint density at radius 3 is 1.00 bits per heavy atom. The molecule has 0 rings (SSSR count). The molecule has 0 aromatic heterocycles. The van der Waals surface area contributed by atoms with Crippen molar-refractivity contribution in [3.8, 4) is 0 Å². The molecule has 0 heterocycles. The topological polar surface area (TPSA) is 152 Å². The van der Waals surface area contributed by atoms with Crippen molar-refractivity contribution in [3.63, 3.8) is 0 Å². The minimum atomic E-state index is -4.67. The van der Waals surface area contributed by atoms with Crippen LogP contribution in [0.25, 0.3) is 0 Å². The first-order valence-electron chi connectivity index (χ1n) is 1.48. The maximum Gasteiger partial charge on any atom is 0.466 e. The summed E-state index contributed by atoms with van der Waals surface area (Å²) in [7, 11) is -9.31. The van der Waals surface area contributed by atoms with Crippen molar-refractivity contribution in [2.24, 2.45) is 0 Å². The van der Waals surface area contributed by atoms with Crippen molar-refractivity contribution in [2.75, 3.05) is 0 Å². The Hall–Kier alpha value is 1.27. The molecule has 0 atom stereocenters. The van der Waals surface area contributed by atoms with Crippen LogP contribution in [0.1, 0.15) is 0 Å². The molecule has 8 nitrogen and oxygen atoms in total. The number of hydrogen-bond donors (Lipinski definition) is 5. The molecule has 0 saturated heterocycles. The zero-order valence-electron chi connectivity index (χ0n) is 4.67. The van der Waals surface area contributed by atoms with Gasteiger partial charge in [0.2, 0.25) is 0 Å². The van der Waals surface area contributed by atoms with Gasteiger partial charge in [-0.05, 0) is 0 Å². The molecule has 12 heteroatoms. The molecule has 0 aliphatic heterocycles. The summed E-state index contributed by atoms with van der Waals surface area (Å²) in [5.41, 5.74) is 0. The minimum Gasteiger partial charge on any atom is -0.303 e. The van der Waals surface area contributed by atoms with E-state index in [4.69, 9.17) is 36.8 Å². The van der Waals surface area contributed by atoms with E-state index >= 15 is 0 Å². The fraction of sp³-hybridized carbons (Fsp3) is 0. The Morgan fingerprint density at radius 2 is 1.00 bits per heavy atom. The Labute approximate surface area is 94.8 Å². The second kappa shape index (κ2) is 8.85. The summed E-state index contributed by atoms with van der Waals surface area (Å²) in [5, 5.41) is 0. The van der Waals surface area contributed by atoms with Crippen molar-refractivity contribution in [1.82, 2.24) is 0 Å². The fourth-order valence-corrected chi connectivity index (χ4v) is 0. The largest absolute Gasteiger partial charge is 0.466 e. The van der Waals surface area contributed by atoms with Gasteiger partial charge in [-0.15, -0.1) is 0 Å². The van der Waals surface area contributed by atoms with Crippen molar-refractivity contribution in [3.05, 3.63) is 0 Å². The summed E-state index contributed by atoms with van der Waals surface area (Å²) < 4.78 is 40.5. The van der Waals surface area contributed by atoms with E-state index in [1.54, 1.807) is 0 Å². The van der Waals surface area contributed by atoms with Gasteiger partial charge in [-0.3, -0.25) is 9.11 Å². The third-order valence-corrected chi connectivity index (χ3v) is 0. The maximum absolute atomic E-state index is 8.88. The Kier molecular flexibility index (Phi) is 17.1. The molecule has 0 unspecified atom stereocenters. The molecule has 0 aromatic rings. The molecule has 0 aliphatic carbocycles. The van der Waals surface area contributed by atoms with E-state index in [9.17, 15) is 0 Å². The van der Waals surface area contributed by atoms with Gasteiger partial charge < -0.3 is 14.7 Å². The molecule has 5 N–H and O–H groups in total. The number of rotatable bonds is 0. The van der Waals surface area contributed by atoms with Gasteiger partial charge >= 0.3 is 41.3 Å². The molecule has 0 saturated carbocycles. The standard InChI is InChI=1S/Fe.Mg.H3O4P.H2O4S.2H/c;;2*1-5(2,3)4;;/h;;(H3,1,2,3,4);(H2,1,2,3,4);;. The summed E-state index contributed by atoms with van der Waals surface area (Å²) in [6.45, 7) is 0. The van der Waals surface area contributed by atoms with Gasteiger partial charge in [0.25, 0.3) is 0 Å². The maximum atomic E-state index is 8.88. The molecule has 0 aromatic carbocycles. The first-order chi connectivity index (χ1) is 4.00. The van der Waals surface area contributed by atoms with Crippen LogP contribution in [0.15, 0.2) is 0 Å². The predicted octanol–water partition coefficient (Wildman–Crippen LogP) is -2.50. The zero-order valence-corrected chi connectivity index (χ0v) is 7.48. The summed E-state index contributed by atoms with van der Waals surface area (Å²) in [6.07, 6.45) is 0. The van der Waals surface area contributed by atoms with Crippen LogP contribution >= 0.6 is 7.82 Å². The van der Waals surface area contributed by atoms with Gasteiger partial charge in [0.1, 0.15) is 0 Å². The van der Waals surface area contributed by atoms with E-state index in [0.29, 0.717) is 0 Å². The number of hydrogen-bond acceptors (Lipinski definition) is 3. The monoisotopic (exact) mass is 278 g/mol. The van der Waals surface area contributed by atoms with Crippen molar-refractivity contribution < 1.29 is 53.8 Å². The molecule has 0 radical (unpaired) electrons. The van der Waals surface area contributed by atoms with Crippen LogP contribution in [0, 0.1) is 0 Å². The van der Waals surface area contributed by atoms with Crippen molar-refractivity contribution in [1.29, 1.82) is 0 Å². The molecule has 76 valence electrons. The SMILES string of the molecule is O=P(O)(O)O.O=S(=O)(O)O.[Fe].[MgH2]. The van der Waals surface area contributed by atoms with E-state index in [-0.39, 0.29) is 40.1 Å². The van der Waals surface area contributed by atoms with E-state index in [0.717, 1.165) is 0 Å². The van der Waals surface area contributed by atoms with Crippen LogP contribution in [0.5, 0.6) is 0 Å². The molecule has 12 heavy (non-hydrogen) atoms. The van der Waals surface area contributed by atoms with Gasteiger partial charge in [-0.25, -0.2) is 4.57 Å². The second-order valence-corrected chi connectivity index (χ2v) is 2.88. The molecule has 0 spiro atoms. The van der Waals surface area contributed by atoms with Crippen LogP contribution in [-0.2, 0) is 32.0 Å². The quantitative estimate of drug-likeness (QED) is 0.185. The van der Waals surface area contributed by atoms with Gasteiger partial charge in [0, 0.05) is 17.1 Å². The zero-order chi connectivity index (χ0) is 9.00. The van der Waals surface area contributed by atoms with Crippen LogP contribution in [0.3, 0.4) is 0 Å². The van der Waals surface area contributed by atoms with Crippen molar-refractivity contribution >= 4 is 41.3 Å². The van der Waals surface area contributed by atoms with Crippen LogP contribution in [0.2, 0.25) is 0 Å². The fourth-order valence-electron chi connectivity index (χ4n) is 0. The molecular formula is H7FeMgO8PS. The molecule has 0 amide bonds. The van der Waals surface area contributed by atoms with Crippen LogP contribution < -0.4 is 0 Å². The Morgan fingerprint density at radius 1 is 1.00 bits per heavy atom. The van der Waals surface area contributed by atoms with Gasteiger partial charge in [-0.1, -0.05) is 0 Å². The minimum absolute atomic E-state index is 0.